The number of likely N-dealkylation sites (N-methyl/N-ethyl adjacent to an activating group) is 1. The van der Waals surface area contributed by atoms with Crippen molar-refractivity contribution in [1.29, 1.82) is 0 Å². The lowest BCUT2D eigenvalue weighted by atomic mass is 9.96. The van der Waals surface area contributed by atoms with Crippen LogP contribution in [0.15, 0.2) is 0 Å². The van der Waals surface area contributed by atoms with Crippen molar-refractivity contribution in [1.82, 2.24) is 5.32 Å². The van der Waals surface area contributed by atoms with Gasteiger partial charge in [-0.25, -0.2) is 0 Å². The van der Waals surface area contributed by atoms with Crippen molar-refractivity contribution in [2.75, 3.05) is 26.9 Å². The fourth-order valence-electron chi connectivity index (χ4n) is 1.35. The van der Waals surface area contributed by atoms with Crippen molar-refractivity contribution in [2.45, 2.75) is 51.5 Å². The Morgan fingerprint density at radius 1 is 1.20 bits per heavy atom. The van der Waals surface area contributed by atoms with Gasteiger partial charge in [-0.15, -0.1) is 0 Å². The second kappa shape index (κ2) is 9.13. The molecule has 0 aromatic carbocycles. The summed E-state index contributed by atoms with van der Waals surface area (Å²) in [5, 5.41) is 12.3. The zero-order chi connectivity index (χ0) is 11.6. The molecule has 1 unspecified atom stereocenters. The predicted octanol–water partition coefficient (Wildman–Crippen LogP) is 1.94. The molecule has 92 valence electrons. The molecule has 0 heterocycles. The molecule has 0 saturated carbocycles. The minimum absolute atomic E-state index is 0.122. The number of rotatable bonds is 10. The van der Waals surface area contributed by atoms with Crippen molar-refractivity contribution in [2.24, 2.45) is 0 Å². The third-order valence-electron chi connectivity index (χ3n) is 2.86. The van der Waals surface area contributed by atoms with Gasteiger partial charge in [0, 0.05) is 18.8 Å². The summed E-state index contributed by atoms with van der Waals surface area (Å²) in [6.45, 7) is 6.15. The third kappa shape index (κ3) is 7.77. The number of aliphatic hydroxyl groups is 1. The van der Waals surface area contributed by atoms with Crippen LogP contribution in [0.2, 0.25) is 0 Å². The fourth-order valence-corrected chi connectivity index (χ4v) is 1.35. The van der Waals surface area contributed by atoms with E-state index in [9.17, 15) is 0 Å². The van der Waals surface area contributed by atoms with E-state index < -0.39 is 0 Å². The van der Waals surface area contributed by atoms with E-state index in [1.54, 1.807) is 0 Å². The highest BCUT2D eigenvalue weighted by Gasteiger charge is 2.19. The molecule has 0 fully saturated rings. The van der Waals surface area contributed by atoms with E-state index in [0.717, 1.165) is 38.9 Å². The molecular formula is C12H27NO2. The van der Waals surface area contributed by atoms with Crippen molar-refractivity contribution >= 4 is 0 Å². The van der Waals surface area contributed by atoms with Gasteiger partial charge in [0.1, 0.15) is 0 Å². The minimum Gasteiger partial charge on any atom is -0.394 e. The second-order valence-electron chi connectivity index (χ2n) is 4.39. The molecule has 0 aliphatic heterocycles. The van der Waals surface area contributed by atoms with Crippen LogP contribution in [0.1, 0.15) is 46.0 Å². The average molecular weight is 217 g/mol. The molecule has 0 saturated heterocycles. The molecule has 2 N–H and O–H groups in total. The Labute approximate surface area is 94.2 Å². The van der Waals surface area contributed by atoms with Crippen LogP contribution in [-0.2, 0) is 4.74 Å². The summed E-state index contributed by atoms with van der Waals surface area (Å²) in [4.78, 5) is 0. The molecule has 0 rings (SSSR count). The van der Waals surface area contributed by atoms with Crippen molar-refractivity contribution in [3.05, 3.63) is 0 Å². The van der Waals surface area contributed by atoms with E-state index in [0.29, 0.717) is 0 Å². The van der Waals surface area contributed by atoms with Gasteiger partial charge in [0.25, 0.3) is 0 Å². The highest BCUT2D eigenvalue weighted by molar-refractivity contribution is 4.79. The van der Waals surface area contributed by atoms with E-state index in [-0.39, 0.29) is 12.1 Å². The first kappa shape index (κ1) is 14.9. The number of hydrogen-bond acceptors (Lipinski definition) is 3. The first-order chi connectivity index (χ1) is 7.18. The fraction of sp³-hybridized carbons (Fsp3) is 1.00. The van der Waals surface area contributed by atoms with Gasteiger partial charge in [-0.3, -0.25) is 0 Å². The van der Waals surface area contributed by atoms with E-state index >= 15 is 0 Å². The molecule has 0 amide bonds. The Bertz CT molecular complexity index is 136. The van der Waals surface area contributed by atoms with Gasteiger partial charge in [0.2, 0.25) is 0 Å². The number of unbranched alkanes of at least 4 members (excludes halogenated alkanes) is 2. The van der Waals surface area contributed by atoms with Gasteiger partial charge >= 0.3 is 0 Å². The lowest BCUT2D eigenvalue weighted by molar-refractivity contribution is 0.120. The Morgan fingerprint density at radius 2 is 1.87 bits per heavy atom. The van der Waals surface area contributed by atoms with Gasteiger partial charge in [-0.05, 0) is 39.7 Å². The maximum Gasteiger partial charge on any atom is 0.0610 e. The molecule has 0 bridgehead atoms. The van der Waals surface area contributed by atoms with E-state index in [4.69, 9.17) is 9.84 Å². The summed E-state index contributed by atoms with van der Waals surface area (Å²) < 4.78 is 5.47. The van der Waals surface area contributed by atoms with Gasteiger partial charge in [0.05, 0.1) is 6.61 Å². The Kier molecular flexibility index (Phi) is 9.06. The maximum absolute atomic E-state index is 9.16. The largest absolute Gasteiger partial charge is 0.394 e. The summed E-state index contributed by atoms with van der Waals surface area (Å²) >= 11 is 0. The summed E-state index contributed by atoms with van der Waals surface area (Å²) in [5.41, 5.74) is -0.122. The Morgan fingerprint density at radius 3 is 2.40 bits per heavy atom. The van der Waals surface area contributed by atoms with E-state index in [1.807, 2.05) is 14.0 Å². The summed E-state index contributed by atoms with van der Waals surface area (Å²) in [6, 6.07) is 0. The van der Waals surface area contributed by atoms with Crippen LogP contribution in [0.25, 0.3) is 0 Å². The average Bonchev–Trinajstić information content (AvgIpc) is 2.27. The van der Waals surface area contributed by atoms with Crippen molar-refractivity contribution in [3.63, 3.8) is 0 Å². The minimum atomic E-state index is -0.122. The summed E-state index contributed by atoms with van der Waals surface area (Å²) in [7, 11) is 1.90. The molecule has 15 heavy (non-hydrogen) atoms. The van der Waals surface area contributed by atoms with Crippen LogP contribution in [0.3, 0.4) is 0 Å². The quantitative estimate of drug-likeness (QED) is 0.550. The zero-order valence-corrected chi connectivity index (χ0v) is 10.5. The topological polar surface area (TPSA) is 41.5 Å². The van der Waals surface area contributed by atoms with Crippen LogP contribution < -0.4 is 5.32 Å². The normalized spacial score (nSPS) is 15.2. The molecular weight excluding hydrogens is 190 g/mol. The molecule has 0 aromatic rings. The van der Waals surface area contributed by atoms with Gasteiger partial charge in [-0.2, -0.15) is 0 Å². The smallest absolute Gasteiger partial charge is 0.0610 e. The number of nitrogens with one attached hydrogen (secondary N) is 1. The number of aliphatic hydroxyl groups excluding tert-OH is 1. The SMILES string of the molecule is CCCCOCCCCC(C)(CO)NC. The Balaban J connectivity index is 3.29. The van der Waals surface area contributed by atoms with Crippen LogP contribution in [0, 0.1) is 0 Å². The van der Waals surface area contributed by atoms with Gasteiger partial charge < -0.3 is 15.2 Å². The van der Waals surface area contributed by atoms with Crippen molar-refractivity contribution in [3.8, 4) is 0 Å². The van der Waals surface area contributed by atoms with Crippen LogP contribution >= 0.6 is 0 Å². The molecule has 0 aromatic heterocycles. The molecule has 1 atom stereocenters. The molecule has 0 aliphatic carbocycles. The van der Waals surface area contributed by atoms with Crippen LogP contribution in [0.5, 0.6) is 0 Å². The first-order valence-electron chi connectivity index (χ1n) is 6.06. The van der Waals surface area contributed by atoms with Crippen molar-refractivity contribution < 1.29 is 9.84 Å². The molecule has 3 nitrogen and oxygen atoms in total. The van der Waals surface area contributed by atoms with E-state index in [2.05, 4.69) is 12.2 Å². The number of ether oxygens (including phenoxy) is 1. The van der Waals surface area contributed by atoms with Crippen LogP contribution in [-0.4, -0.2) is 37.5 Å². The summed E-state index contributed by atoms with van der Waals surface area (Å²) in [5.74, 6) is 0. The lowest BCUT2D eigenvalue weighted by Crippen LogP contribution is -2.43. The standard InChI is InChI=1S/C12H27NO2/c1-4-5-9-15-10-7-6-8-12(2,11-14)13-3/h13-14H,4-11H2,1-3H3. The monoisotopic (exact) mass is 217 g/mol. The van der Waals surface area contributed by atoms with Crippen LogP contribution in [0.4, 0.5) is 0 Å². The summed E-state index contributed by atoms with van der Waals surface area (Å²) in [6.07, 6.45) is 5.54. The maximum atomic E-state index is 9.16. The van der Waals surface area contributed by atoms with E-state index in [1.165, 1.54) is 6.42 Å². The lowest BCUT2D eigenvalue weighted by Gasteiger charge is -2.26. The van der Waals surface area contributed by atoms with Gasteiger partial charge in [-0.1, -0.05) is 13.3 Å². The number of hydrogen-bond donors (Lipinski definition) is 2. The second-order valence-corrected chi connectivity index (χ2v) is 4.39. The molecule has 0 radical (unpaired) electrons. The molecule has 0 aliphatic rings. The molecule has 0 spiro atoms. The third-order valence-corrected chi connectivity index (χ3v) is 2.86. The highest BCUT2D eigenvalue weighted by Crippen LogP contribution is 2.12. The highest BCUT2D eigenvalue weighted by atomic mass is 16.5. The molecule has 3 heteroatoms. The predicted molar refractivity (Wildman–Crippen MR) is 64.1 cm³/mol. The van der Waals surface area contributed by atoms with Gasteiger partial charge in [0.15, 0.2) is 0 Å². The zero-order valence-electron chi connectivity index (χ0n) is 10.5. The Hall–Kier alpha value is -0.120. The first-order valence-corrected chi connectivity index (χ1v) is 6.06.